The van der Waals surface area contributed by atoms with Gasteiger partial charge < -0.3 is 10.2 Å². The third-order valence-electron chi connectivity index (χ3n) is 7.59. The standard InChI is InChI=1S/C32H22O4.2C4H9.Sn/c33-31(34)29-27(23-17-9-3-10-18-23)25(21-13-5-1-6-14-21)26(22-15-7-2-8-16-22)28(30(29)32(35)36)24-19-11-4-12-20-24;2*1-3-4-2;/h1-20H,(H,33,34)(H,35,36);2*1,3-4H2,2H3;. The van der Waals surface area contributed by atoms with Crippen LogP contribution in [0.15, 0.2) is 121 Å². The Morgan fingerprint density at radius 2 is 0.733 bits per heavy atom. The molecule has 0 aliphatic carbocycles. The van der Waals surface area contributed by atoms with Crippen molar-refractivity contribution in [3.05, 3.63) is 132 Å². The van der Waals surface area contributed by atoms with Crippen LogP contribution in [-0.2, 0) is 0 Å². The van der Waals surface area contributed by atoms with Crippen molar-refractivity contribution in [2.45, 2.75) is 48.4 Å². The van der Waals surface area contributed by atoms with Crippen molar-refractivity contribution >= 4 is 33.1 Å². The molecule has 0 unspecified atom stereocenters. The number of rotatable bonds is 12. The molecule has 0 aliphatic heterocycles. The number of hydrogen-bond acceptors (Lipinski definition) is 2. The maximum Gasteiger partial charge on any atom is 0.337 e. The molecule has 0 saturated carbocycles. The Hall–Kier alpha value is -4.16. The van der Waals surface area contributed by atoms with Gasteiger partial charge in [-0.3, -0.25) is 0 Å². The van der Waals surface area contributed by atoms with E-state index >= 15 is 0 Å². The van der Waals surface area contributed by atoms with E-state index in [9.17, 15) is 19.8 Å². The zero-order valence-electron chi connectivity index (χ0n) is 26.0. The van der Waals surface area contributed by atoms with Crippen LogP contribution in [0.3, 0.4) is 0 Å². The molecule has 5 heteroatoms. The van der Waals surface area contributed by atoms with E-state index in [0.717, 1.165) is 11.1 Å². The molecule has 4 nitrogen and oxygen atoms in total. The minimum atomic E-state index is -1.29. The van der Waals surface area contributed by atoms with Crippen molar-refractivity contribution < 1.29 is 19.8 Å². The Kier molecular flexibility index (Phi) is 13.0. The summed E-state index contributed by atoms with van der Waals surface area (Å²) in [5.74, 6) is -2.58. The van der Waals surface area contributed by atoms with Crippen LogP contribution in [0.4, 0.5) is 0 Å². The van der Waals surface area contributed by atoms with Gasteiger partial charge in [-0.25, -0.2) is 9.59 Å². The number of carboxylic acid groups (broad SMARTS) is 2. The van der Waals surface area contributed by atoms with Gasteiger partial charge in [0.25, 0.3) is 0 Å². The molecule has 0 aromatic heterocycles. The Labute approximate surface area is 277 Å². The number of aromatic carboxylic acids is 2. The molecule has 0 saturated heterocycles. The van der Waals surface area contributed by atoms with E-state index in [1.54, 1.807) is 8.87 Å². The topological polar surface area (TPSA) is 74.6 Å². The monoisotopic (exact) mass is 704 g/mol. The van der Waals surface area contributed by atoms with Crippen molar-refractivity contribution in [3.63, 3.8) is 0 Å². The predicted octanol–water partition coefficient (Wildman–Crippen LogP) is 10.9. The van der Waals surface area contributed by atoms with Crippen LogP contribution in [0.2, 0.25) is 8.87 Å². The molecule has 0 fully saturated rings. The smallest absolute Gasteiger partial charge is 0.337 e. The number of carbonyl (C=O) groups is 2. The normalized spacial score (nSPS) is 10.5. The zero-order valence-corrected chi connectivity index (χ0v) is 28.9. The third-order valence-corrected chi connectivity index (χ3v) is 11.6. The van der Waals surface area contributed by atoms with Crippen molar-refractivity contribution in [2.24, 2.45) is 0 Å². The molecule has 5 rings (SSSR count). The quantitative estimate of drug-likeness (QED) is 0.100. The first-order valence-corrected chi connectivity index (χ1v) is 19.7. The minimum Gasteiger partial charge on any atom is -0.478 e. The van der Waals surface area contributed by atoms with Crippen LogP contribution in [0.25, 0.3) is 44.5 Å². The van der Waals surface area contributed by atoms with E-state index < -0.39 is 11.9 Å². The van der Waals surface area contributed by atoms with Gasteiger partial charge in [0.2, 0.25) is 0 Å². The molecule has 5 aromatic carbocycles. The summed E-state index contributed by atoms with van der Waals surface area (Å²) < 4.78 is 3.25. The Balaban J connectivity index is 0.000000448. The van der Waals surface area contributed by atoms with Gasteiger partial charge in [0.05, 0.1) is 11.1 Å². The summed E-state index contributed by atoms with van der Waals surface area (Å²) >= 11 is 0.149. The van der Waals surface area contributed by atoms with E-state index in [0.29, 0.717) is 33.4 Å². The van der Waals surface area contributed by atoms with Crippen LogP contribution < -0.4 is 0 Å². The molecule has 2 radical (unpaired) electrons. The first-order valence-electron chi connectivity index (χ1n) is 15.6. The second kappa shape index (κ2) is 17.4. The minimum absolute atomic E-state index is 0.149. The number of unbranched alkanes of at least 4 members (excludes halogenated alkanes) is 2. The maximum atomic E-state index is 12.9. The largest absolute Gasteiger partial charge is 0.478 e. The third kappa shape index (κ3) is 8.52. The summed E-state index contributed by atoms with van der Waals surface area (Å²) in [5, 5.41) is 21.0. The number of carboxylic acids is 2. The molecule has 45 heavy (non-hydrogen) atoms. The predicted molar refractivity (Wildman–Crippen MR) is 187 cm³/mol. The first-order chi connectivity index (χ1) is 22.0. The molecule has 2 N–H and O–H groups in total. The molecule has 0 spiro atoms. The summed E-state index contributed by atoms with van der Waals surface area (Å²) in [6.45, 7) is 4.58. The average molecular weight is 703 g/mol. The molecular formula is C40H40O4Sn. The SMILES string of the molecule is CCC[CH2][Sn][CH2]CCC.O=C(O)c1c(C(=O)O)c(-c2ccccc2)c(-c2ccccc2)c(-c2ccccc2)c1-c1ccccc1. The molecular weight excluding hydrogens is 663 g/mol. The Morgan fingerprint density at radius 3 is 0.978 bits per heavy atom. The molecule has 0 aliphatic rings. The van der Waals surface area contributed by atoms with Crippen molar-refractivity contribution in [1.82, 2.24) is 0 Å². The van der Waals surface area contributed by atoms with E-state index in [4.69, 9.17) is 0 Å². The second-order valence-corrected chi connectivity index (χ2v) is 15.1. The van der Waals surface area contributed by atoms with Gasteiger partial charge in [0.15, 0.2) is 0 Å². The summed E-state index contributed by atoms with van der Waals surface area (Å²) in [5.41, 5.74) is 4.51. The van der Waals surface area contributed by atoms with E-state index in [1.807, 2.05) is 121 Å². The van der Waals surface area contributed by atoms with Gasteiger partial charge >= 0.3 is 81.5 Å². The van der Waals surface area contributed by atoms with Gasteiger partial charge in [-0.05, 0) is 33.4 Å². The number of benzene rings is 5. The molecule has 0 amide bonds. The second-order valence-electron chi connectivity index (χ2n) is 10.8. The van der Waals surface area contributed by atoms with Gasteiger partial charge in [-0.15, -0.1) is 0 Å². The van der Waals surface area contributed by atoms with Crippen LogP contribution >= 0.6 is 0 Å². The fourth-order valence-corrected chi connectivity index (χ4v) is 9.64. The van der Waals surface area contributed by atoms with E-state index in [1.165, 1.54) is 25.7 Å². The first kappa shape index (κ1) is 33.7. The fourth-order valence-electron chi connectivity index (χ4n) is 5.48. The molecule has 228 valence electrons. The van der Waals surface area contributed by atoms with Crippen LogP contribution in [0, 0.1) is 0 Å². The van der Waals surface area contributed by atoms with Crippen molar-refractivity contribution in [1.29, 1.82) is 0 Å². The molecule has 0 atom stereocenters. The Bertz CT molecular complexity index is 1540. The van der Waals surface area contributed by atoms with Gasteiger partial charge in [0, 0.05) is 11.1 Å². The van der Waals surface area contributed by atoms with Crippen LogP contribution in [0.1, 0.15) is 60.2 Å². The Morgan fingerprint density at radius 1 is 0.467 bits per heavy atom. The molecule has 5 aromatic rings. The summed E-state index contributed by atoms with van der Waals surface area (Å²) in [7, 11) is 0. The number of hydrogen-bond donors (Lipinski definition) is 2. The van der Waals surface area contributed by atoms with Crippen molar-refractivity contribution in [2.75, 3.05) is 0 Å². The summed E-state index contributed by atoms with van der Waals surface area (Å²) in [4.78, 5) is 25.7. The summed E-state index contributed by atoms with van der Waals surface area (Å²) in [6, 6.07) is 37.3. The van der Waals surface area contributed by atoms with Crippen LogP contribution in [0.5, 0.6) is 0 Å². The zero-order chi connectivity index (χ0) is 32.0. The van der Waals surface area contributed by atoms with Crippen molar-refractivity contribution in [3.8, 4) is 44.5 Å². The van der Waals surface area contributed by atoms with Gasteiger partial charge in [-0.2, -0.15) is 0 Å². The molecule has 0 heterocycles. The van der Waals surface area contributed by atoms with Crippen LogP contribution in [-0.4, -0.2) is 43.3 Å². The van der Waals surface area contributed by atoms with Gasteiger partial charge in [-0.1, -0.05) is 121 Å². The maximum absolute atomic E-state index is 12.9. The average Bonchev–Trinajstić information content (AvgIpc) is 3.08. The molecule has 0 bridgehead atoms. The van der Waals surface area contributed by atoms with E-state index in [-0.39, 0.29) is 32.3 Å². The van der Waals surface area contributed by atoms with Gasteiger partial charge in [0.1, 0.15) is 0 Å². The summed E-state index contributed by atoms with van der Waals surface area (Å²) in [6.07, 6.45) is 5.84. The fraction of sp³-hybridized carbons (Fsp3) is 0.200. The van der Waals surface area contributed by atoms with E-state index in [2.05, 4.69) is 13.8 Å².